The van der Waals surface area contributed by atoms with Crippen LogP contribution in [0.2, 0.25) is 0 Å². The van der Waals surface area contributed by atoms with E-state index in [0.29, 0.717) is 11.1 Å². The Morgan fingerprint density at radius 2 is 1.00 bits per heavy atom. The van der Waals surface area contributed by atoms with Crippen molar-refractivity contribution in [3.63, 3.8) is 0 Å². The first-order chi connectivity index (χ1) is 27.5. The molecule has 0 bridgehead atoms. The number of nitrogens with zero attached hydrogens (tertiary/aromatic N) is 4. The molecule has 0 atom stereocenters. The van der Waals surface area contributed by atoms with Crippen molar-refractivity contribution >= 4 is 43.6 Å². The lowest BCUT2D eigenvalue weighted by molar-refractivity contribution is 1.12. The van der Waals surface area contributed by atoms with Crippen molar-refractivity contribution in [3.05, 3.63) is 192 Å². The summed E-state index contributed by atoms with van der Waals surface area (Å²) in [6, 6.07) is 64.2. The Balaban J connectivity index is 1.36. The van der Waals surface area contributed by atoms with E-state index in [-0.39, 0.29) is 0 Å². The maximum atomic E-state index is 10.6. The molecule has 0 saturated heterocycles. The van der Waals surface area contributed by atoms with Crippen LogP contribution in [0.4, 0.5) is 0 Å². The first-order valence-electron chi connectivity index (χ1n) is 18.8. The van der Waals surface area contributed by atoms with Crippen LogP contribution in [0.1, 0.15) is 22.3 Å². The van der Waals surface area contributed by atoms with Crippen LogP contribution in [0.25, 0.3) is 88.4 Å². The fraction of sp³-hybridized carbons (Fsp3) is 0.0385. The van der Waals surface area contributed by atoms with Crippen LogP contribution in [-0.2, 0) is 0 Å². The largest absolute Gasteiger partial charge is 0.309 e. The molecule has 0 unspecified atom stereocenters. The molecule has 0 aliphatic carbocycles. The van der Waals surface area contributed by atoms with E-state index in [0.717, 1.165) is 88.4 Å². The second-order valence-corrected chi connectivity index (χ2v) is 14.5. The van der Waals surface area contributed by atoms with Crippen molar-refractivity contribution in [1.29, 1.82) is 10.5 Å². The molecule has 4 nitrogen and oxygen atoms in total. The van der Waals surface area contributed by atoms with Gasteiger partial charge in [-0.3, -0.25) is 0 Å². The van der Waals surface area contributed by atoms with Gasteiger partial charge in [-0.1, -0.05) is 109 Å². The van der Waals surface area contributed by atoms with E-state index in [1.807, 2.05) is 6.07 Å². The molecule has 0 spiro atoms. The zero-order valence-corrected chi connectivity index (χ0v) is 31.0. The van der Waals surface area contributed by atoms with Crippen molar-refractivity contribution in [3.8, 4) is 56.9 Å². The highest BCUT2D eigenvalue weighted by Gasteiger charge is 2.23. The number of aromatic nitrogens is 2. The highest BCUT2D eigenvalue weighted by molar-refractivity contribution is 6.17. The number of nitriles is 2. The topological polar surface area (TPSA) is 57.4 Å². The predicted octanol–water partition coefficient (Wildman–Crippen LogP) is 13.2. The minimum atomic E-state index is 0.506. The number of aryl methyl sites for hydroxylation is 2. The van der Waals surface area contributed by atoms with Gasteiger partial charge in [0.25, 0.3) is 0 Å². The average Bonchev–Trinajstić information content (AvgIpc) is 3.75. The summed E-state index contributed by atoms with van der Waals surface area (Å²) >= 11 is 0. The summed E-state index contributed by atoms with van der Waals surface area (Å²) in [5.74, 6) is 0. The smallest absolute Gasteiger partial charge is 0.0998 e. The van der Waals surface area contributed by atoms with Crippen molar-refractivity contribution in [2.75, 3.05) is 0 Å². The lowest BCUT2D eigenvalue weighted by Gasteiger charge is -2.18. The number of rotatable bonds is 5. The van der Waals surface area contributed by atoms with E-state index >= 15 is 0 Å². The molecule has 262 valence electrons. The monoisotopic (exact) mass is 714 g/mol. The van der Waals surface area contributed by atoms with Crippen LogP contribution < -0.4 is 0 Å². The molecule has 0 fully saturated rings. The van der Waals surface area contributed by atoms with Crippen LogP contribution in [-0.4, -0.2) is 9.13 Å². The van der Waals surface area contributed by atoms with Crippen LogP contribution >= 0.6 is 0 Å². The van der Waals surface area contributed by atoms with E-state index < -0.39 is 0 Å². The second kappa shape index (κ2) is 13.0. The molecule has 56 heavy (non-hydrogen) atoms. The zero-order chi connectivity index (χ0) is 37.9. The van der Waals surface area contributed by atoms with Gasteiger partial charge in [0.15, 0.2) is 0 Å². The quantitative estimate of drug-likeness (QED) is 0.178. The van der Waals surface area contributed by atoms with Crippen LogP contribution in [0, 0.1) is 36.5 Å². The fourth-order valence-corrected chi connectivity index (χ4v) is 8.66. The average molecular weight is 715 g/mol. The molecule has 4 heteroatoms. The van der Waals surface area contributed by atoms with Crippen molar-refractivity contribution in [1.82, 2.24) is 9.13 Å². The molecule has 10 rings (SSSR count). The Morgan fingerprint density at radius 3 is 1.61 bits per heavy atom. The zero-order valence-electron chi connectivity index (χ0n) is 31.0. The van der Waals surface area contributed by atoms with E-state index in [4.69, 9.17) is 0 Å². The lowest BCUT2D eigenvalue weighted by Crippen LogP contribution is -2.02. The lowest BCUT2D eigenvalue weighted by atomic mass is 9.95. The number of hydrogen-bond acceptors (Lipinski definition) is 2. The minimum absolute atomic E-state index is 0.506. The van der Waals surface area contributed by atoms with Crippen LogP contribution in [0.5, 0.6) is 0 Å². The van der Waals surface area contributed by atoms with Gasteiger partial charge >= 0.3 is 0 Å². The number of fused-ring (bicyclic) bond motifs is 6. The van der Waals surface area contributed by atoms with Crippen LogP contribution in [0.15, 0.2) is 170 Å². The van der Waals surface area contributed by atoms with Crippen molar-refractivity contribution < 1.29 is 0 Å². The summed E-state index contributed by atoms with van der Waals surface area (Å²) < 4.78 is 4.72. The van der Waals surface area contributed by atoms with Gasteiger partial charge in [-0.2, -0.15) is 10.5 Å². The SMILES string of the molecule is Cc1cccc(C)c1-n1c2ccccc2c2cc(-n3c4ccc(-c5ccccc5)cc4c4cc(-c5ccccc5)ccc43)cc(-c3cc(C#N)ccc3C#N)c21. The number of benzene rings is 8. The van der Waals surface area contributed by atoms with Gasteiger partial charge in [-0.25, -0.2) is 0 Å². The molecule has 0 amide bonds. The third-order valence-electron chi connectivity index (χ3n) is 11.2. The summed E-state index contributed by atoms with van der Waals surface area (Å²) in [5.41, 5.74) is 15.9. The molecule has 8 aromatic carbocycles. The number of hydrogen-bond donors (Lipinski definition) is 0. The first kappa shape index (κ1) is 32.9. The van der Waals surface area contributed by atoms with Crippen molar-refractivity contribution in [2.45, 2.75) is 13.8 Å². The van der Waals surface area contributed by atoms with E-state index in [2.05, 4.69) is 187 Å². The summed E-state index contributed by atoms with van der Waals surface area (Å²) in [6.07, 6.45) is 0. The normalized spacial score (nSPS) is 11.4. The highest BCUT2D eigenvalue weighted by Crippen LogP contribution is 2.44. The van der Waals surface area contributed by atoms with E-state index in [1.165, 1.54) is 11.1 Å². The van der Waals surface area contributed by atoms with E-state index in [9.17, 15) is 10.5 Å². The molecular formula is C52H34N4. The van der Waals surface area contributed by atoms with Gasteiger partial charge in [0, 0.05) is 38.4 Å². The molecule has 10 aromatic rings. The highest BCUT2D eigenvalue weighted by atomic mass is 15.0. The van der Waals surface area contributed by atoms with Gasteiger partial charge in [0.05, 0.1) is 51.0 Å². The van der Waals surface area contributed by atoms with Gasteiger partial charge in [0.1, 0.15) is 0 Å². The maximum absolute atomic E-state index is 10.6. The standard InChI is InChI=1S/C52H34N4/c1-33-12-11-13-34(2)51(33)56-48-19-10-9-18-42(48)46-29-41(30-47(52(46)56)43-26-35(31-53)20-21-40(43)32-54)55-49-24-22-38(36-14-5-3-6-15-36)27-44(49)45-28-39(23-25-50(45)55)37-16-7-4-8-17-37/h3-30H,1-2H3. The molecule has 2 aromatic heterocycles. The third-order valence-corrected chi connectivity index (χ3v) is 11.2. The molecule has 0 saturated carbocycles. The molecule has 0 aliphatic rings. The van der Waals surface area contributed by atoms with Crippen LogP contribution in [0.3, 0.4) is 0 Å². The molecule has 2 heterocycles. The van der Waals surface area contributed by atoms with E-state index in [1.54, 1.807) is 12.1 Å². The van der Waals surface area contributed by atoms with Gasteiger partial charge in [0.2, 0.25) is 0 Å². The van der Waals surface area contributed by atoms with Gasteiger partial charge in [-0.15, -0.1) is 0 Å². The summed E-state index contributed by atoms with van der Waals surface area (Å²) in [4.78, 5) is 0. The Labute approximate surface area is 325 Å². The molecule has 0 aliphatic heterocycles. The Morgan fingerprint density at radius 1 is 0.411 bits per heavy atom. The first-order valence-corrected chi connectivity index (χ1v) is 18.8. The van der Waals surface area contributed by atoms with Crippen molar-refractivity contribution in [2.24, 2.45) is 0 Å². The molecule has 0 radical (unpaired) electrons. The Bertz CT molecular complexity index is 3160. The summed E-state index contributed by atoms with van der Waals surface area (Å²) in [7, 11) is 0. The predicted molar refractivity (Wildman–Crippen MR) is 230 cm³/mol. The second-order valence-electron chi connectivity index (χ2n) is 14.5. The maximum Gasteiger partial charge on any atom is 0.0998 e. The fourth-order valence-electron chi connectivity index (χ4n) is 8.66. The minimum Gasteiger partial charge on any atom is -0.309 e. The van der Waals surface area contributed by atoms with Gasteiger partial charge < -0.3 is 9.13 Å². The summed E-state index contributed by atoms with van der Waals surface area (Å²) in [6.45, 7) is 4.30. The molecular weight excluding hydrogens is 681 g/mol. The number of para-hydroxylation sites is 2. The summed E-state index contributed by atoms with van der Waals surface area (Å²) in [5, 5.41) is 25.2. The third kappa shape index (κ3) is 5.12. The Kier molecular flexibility index (Phi) is 7.66. The molecule has 0 N–H and O–H groups in total. The van der Waals surface area contributed by atoms with Gasteiger partial charge in [-0.05, 0) is 108 Å². The Hall–Kier alpha value is -7.66.